The van der Waals surface area contributed by atoms with Gasteiger partial charge >= 0.3 is 12.1 Å². The number of alkyl carbamates (subject to hydrolysis) is 1. The van der Waals surface area contributed by atoms with Gasteiger partial charge in [0.15, 0.2) is 0 Å². The normalized spacial score (nSPS) is 13.4. The molecule has 1 aliphatic heterocycles. The molecule has 1 saturated heterocycles. The summed E-state index contributed by atoms with van der Waals surface area (Å²) in [5, 5.41) is 2.50. The van der Waals surface area contributed by atoms with E-state index in [1.807, 2.05) is 30.3 Å². The van der Waals surface area contributed by atoms with Crippen molar-refractivity contribution in [3.8, 4) is 11.1 Å². The molecule has 0 unspecified atom stereocenters. The van der Waals surface area contributed by atoms with Gasteiger partial charge in [0.25, 0.3) is 0 Å². The summed E-state index contributed by atoms with van der Waals surface area (Å²) in [6.07, 6.45) is 4.60. The molecule has 1 fully saturated rings. The number of amides is 2. The van der Waals surface area contributed by atoms with E-state index in [-0.39, 0.29) is 18.1 Å². The SMILES string of the molecule is COC(=O)c1cc(N2CCN(c3ncc(-c4cccc(CN(C)C(=O)CNC(=O)OC(C)(C)C)c4)cn3)CC2)ccn1. The summed E-state index contributed by atoms with van der Waals surface area (Å²) in [7, 11) is 3.03. The molecule has 0 bridgehead atoms. The first kappa shape index (κ1) is 30.2. The lowest BCUT2D eigenvalue weighted by molar-refractivity contribution is -0.129. The number of nitrogens with one attached hydrogen (secondary N) is 1. The van der Waals surface area contributed by atoms with Gasteiger partial charge in [-0.05, 0) is 50.1 Å². The summed E-state index contributed by atoms with van der Waals surface area (Å²) in [6.45, 7) is 8.49. The van der Waals surface area contributed by atoms with Crippen molar-refractivity contribution in [3.05, 3.63) is 66.2 Å². The second-order valence-corrected chi connectivity index (χ2v) is 10.9. The Kier molecular flexibility index (Phi) is 9.56. The van der Waals surface area contributed by atoms with Crippen LogP contribution in [0.1, 0.15) is 36.8 Å². The van der Waals surface area contributed by atoms with Gasteiger partial charge in [0, 0.05) is 69.6 Å². The first-order chi connectivity index (χ1) is 20.0. The van der Waals surface area contributed by atoms with Crippen LogP contribution >= 0.6 is 0 Å². The Morgan fingerprint density at radius 3 is 2.31 bits per heavy atom. The number of aromatic nitrogens is 3. The quantitative estimate of drug-likeness (QED) is 0.400. The van der Waals surface area contributed by atoms with Gasteiger partial charge in [-0.3, -0.25) is 4.79 Å². The van der Waals surface area contributed by atoms with Crippen LogP contribution in [0.3, 0.4) is 0 Å². The van der Waals surface area contributed by atoms with Gasteiger partial charge in [0.2, 0.25) is 11.9 Å². The maximum absolute atomic E-state index is 12.5. The maximum Gasteiger partial charge on any atom is 0.408 e. The molecule has 222 valence electrons. The Hall–Kier alpha value is -4.74. The molecule has 3 heterocycles. The topological polar surface area (TPSA) is 130 Å². The minimum Gasteiger partial charge on any atom is -0.464 e. The van der Waals surface area contributed by atoms with Crippen LogP contribution in [-0.2, 0) is 20.8 Å². The zero-order valence-electron chi connectivity index (χ0n) is 24.7. The van der Waals surface area contributed by atoms with Crippen molar-refractivity contribution in [2.45, 2.75) is 32.9 Å². The summed E-state index contributed by atoms with van der Waals surface area (Å²) in [4.78, 5) is 55.4. The molecule has 12 heteroatoms. The number of rotatable bonds is 8. The predicted octanol–water partition coefficient (Wildman–Crippen LogP) is 3.13. The van der Waals surface area contributed by atoms with Gasteiger partial charge in [-0.25, -0.2) is 24.5 Å². The van der Waals surface area contributed by atoms with Crippen LogP contribution in [0.2, 0.25) is 0 Å². The minimum absolute atomic E-state index is 0.147. The van der Waals surface area contributed by atoms with Crippen molar-refractivity contribution in [3.63, 3.8) is 0 Å². The molecule has 42 heavy (non-hydrogen) atoms. The number of pyridine rings is 1. The standard InChI is InChI=1S/C30H37N7O5/c1-30(2,3)42-29(40)34-19-26(38)35(4)20-21-7-6-8-22(15-21)23-17-32-28(33-18-23)37-13-11-36(12-14-37)24-9-10-31-25(16-24)27(39)41-5/h6-10,15-18H,11-14,19-20H2,1-5H3,(H,34,40). The number of hydrogen-bond acceptors (Lipinski definition) is 10. The number of ether oxygens (including phenoxy) is 2. The third-order valence-electron chi connectivity index (χ3n) is 6.59. The Balaban J connectivity index is 1.31. The van der Waals surface area contributed by atoms with Crippen LogP contribution < -0.4 is 15.1 Å². The van der Waals surface area contributed by atoms with Gasteiger partial charge in [-0.2, -0.15) is 0 Å². The summed E-state index contributed by atoms with van der Waals surface area (Å²) in [5.74, 6) is -0.0307. The van der Waals surface area contributed by atoms with Gasteiger partial charge < -0.3 is 29.5 Å². The van der Waals surface area contributed by atoms with Crippen molar-refractivity contribution in [1.29, 1.82) is 0 Å². The fourth-order valence-electron chi connectivity index (χ4n) is 4.44. The number of methoxy groups -OCH3 is 1. The zero-order chi connectivity index (χ0) is 30.3. The highest BCUT2D eigenvalue weighted by atomic mass is 16.6. The molecular formula is C30H37N7O5. The highest BCUT2D eigenvalue weighted by Gasteiger charge is 2.21. The number of piperazine rings is 1. The first-order valence-electron chi connectivity index (χ1n) is 13.7. The molecule has 12 nitrogen and oxygen atoms in total. The van der Waals surface area contributed by atoms with Crippen LogP contribution in [0.5, 0.6) is 0 Å². The van der Waals surface area contributed by atoms with E-state index in [0.29, 0.717) is 12.5 Å². The Bertz CT molecular complexity index is 1400. The van der Waals surface area contributed by atoms with Crippen molar-refractivity contribution < 1.29 is 23.9 Å². The zero-order valence-corrected chi connectivity index (χ0v) is 24.7. The van der Waals surface area contributed by atoms with Gasteiger partial charge in [-0.1, -0.05) is 18.2 Å². The minimum atomic E-state index is -0.629. The molecule has 0 atom stereocenters. The Morgan fingerprint density at radius 2 is 1.64 bits per heavy atom. The molecule has 2 aromatic heterocycles. The highest BCUT2D eigenvalue weighted by molar-refractivity contribution is 5.88. The third-order valence-corrected chi connectivity index (χ3v) is 6.59. The number of carbonyl (C=O) groups is 3. The van der Waals surface area contributed by atoms with Gasteiger partial charge in [0.1, 0.15) is 17.8 Å². The van der Waals surface area contributed by atoms with Crippen molar-refractivity contribution in [1.82, 2.24) is 25.2 Å². The second kappa shape index (κ2) is 13.3. The van der Waals surface area contributed by atoms with Crippen molar-refractivity contribution in [2.24, 2.45) is 0 Å². The summed E-state index contributed by atoms with van der Waals surface area (Å²) in [6, 6.07) is 11.5. The number of hydrogen-bond donors (Lipinski definition) is 1. The number of anilines is 2. The number of benzene rings is 1. The largest absolute Gasteiger partial charge is 0.464 e. The van der Waals surface area contributed by atoms with E-state index in [0.717, 1.165) is 48.6 Å². The lowest BCUT2D eigenvalue weighted by Gasteiger charge is -2.36. The molecular weight excluding hydrogens is 538 g/mol. The predicted molar refractivity (Wildman–Crippen MR) is 158 cm³/mol. The van der Waals surface area contributed by atoms with E-state index in [1.54, 1.807) is 57.4 Å². The molecule has 1 aromatic carbocycles. The number of likely N-dealkylation sites (N-methyl/N-ethyl adjacent to an activating group) is 1. The van der Waals surface area contributed by atoms with Crippen LogP contribution in [0.15, 0.2) is 55.0 Å². The van der Waals surface area contributed by atoms with Crippen LogP contribution in [0.25, 0.3) is 11.1 Å². The van der Waals surface area contributed by atoms with Crippen LogP contribution in [-0.4, -0.2) is 90.3 Å². The average Bonchev–Trinajstić information content (AvgIpc) is 2.99. The monoisotopic (exact) mass is 575 g/mol. The van der Waals surface area contributed by atoms with E-state index >= 15 is 0 Å². The number of nitrogens with zero attached hydrogens (tertiary/aromatic N) is 6. The first-order valence-corrected chi connectivity index (χ1v) is 13.7. The molecule has 3 aromatic rings. The number of esters is 1. The summed E-state index contributed by atoms with van der Waals surface area (Å²) < 4.78 is 9.96. The van der Waals surface area contributed by atoms with Gasteiger partial charge in [0.05, 0.1) is 7.11 Å². The summed E-state index contributed by atoms with van der Waals surface area (Å²) >= 11 is 0. The molecule has 0 radical (unpaired) electrons. The lowest BCUT2D eigenvalue weighted by atomic mass is 10.1. The molecule has 1 N–H and O–H groups in total. The van der Waals surface area contributed by atoms with E-state index in [4.69, 9.17) is 9.47 Å². The van der Waals surface area contributed by atoms with Crippen molar-refractivity contribution in [2.75, 3.05) is 56.7 Å². The lowest BCUT2D eigenvalue weighted by Crippen LogP contribution is -2.47. The third kappa shape index (κ3) is 8.15. The fourth-order valence-corrected chi connectivity index (χ4v) is 4.44. The molecule has 1 aliphatic rings. The Labute approximate surface area is 245 Å². The average molecular weight is 576 g/mol. The van der Waals surface area contributed by atoms with E-state index in [1.165, 1.54) is 7.11 Å². The molecule has 2 amide bonds. The maximum atomic E-state index is 12.5. The van der Waals surface area contributed by atoms with Crippen molar-refractivity contribution >= 4 is 29.6 Å². The van der Waals surface area contributed by atoms with Crippen LogP contribution in [0.4, 0.5) is 16.4 Å². The molecule has 0 aliphatic carbocycles. The van der Waals surface area contributed by atoms with Crippen LogP contribution in [0, 0.1) is 0 Å². The Morgan fingerprint density at radius 1 is 0.952 bits per heavy atom. The highest BCUT2D eigenvalue weighted by Crippen LogP contribution is 2.23. The fraction of sp³-hybridized carbons (Fsp3) is 0.400. The molecule has 0 saturated carbocycles. The second-order valence-electron chi connectivity index (χ2n) is 10.9. The summed E-state index contributed by atoms with van der Waals surface area (Å²) in [5.41, 5.74) is 3.33. The van der Waals surface area contributed by atoms with E-state index in [9.17, 15) is 14.4 Å². The van der Waals surface area contributed by atoms with E-state index < -0.39 is 17.7 Å². The van der Waals surface area contributed by atoms with Gasteiger partial charge in [-0.15, -0.1) is 0 Å². The van der Waals surface area contributed by atoms with E-state index in [2.05, 4.69) is 30.1 Å². The number of carbonyl (C=O) groups excluding carboxylic acids is 3. The smallest absolute Gasteiger partial charge is 0.408 e. The molecule has 4 rings (SSSR count). The molecule has 0 spiro atoms.